The van der Waals surface area contributed by atoms with Crippen LogP contribution in [0.1, 0.15) is 29.3 Å². The van der Waals surface area contributed by atoms with Crippen LogP contribution in [0.4, 0.5) is 5.13 Å². The highest BCUT2D eigenvalue weighted by Gasteiger charge is 2.29. The summed E-state index contributed by atoms with van der Waals surface area (Å²) in [6.07, 6.45) is 2.53. The van der Waals surface area contributed by atoms with Crippen molar-refractivity contribution in [1.82, 2.24) is 4.98 Å². The SMILES string of the molecule is Nc1nc2c(s1)CCC[C@@H]2C(=O)O. The lowest BCUT2D eigenvalue weighted by molar-refractivity contribution is -0.139. The lowest BCUT2D eigenvalue weighted by Crippen LogP contribution is -2.17. The van der Waals surface area contributed by atoms with E-state index in [1.807, 2.05) is 0 Å². The molecule has 1 aromatic heterocycles. The van der Waals surface area contributed by atoms with E-state index in [9.17, 15) is 4.79 Å². The van der Waals surface area contributed by atoms with Crippen molar-refractivity contribution in [3.63, 3.8) is 0 Å². The molecule has 1 aliphatic carbocycles. The number of thiazole rings is 1. The van der Waals surface area contributed by atoms with Crippen LogP contribution >= 0.6 is 11.3 Å². The Morgan fingerprint density at radius 2 is 2.46 bits per heavy atom. The van der Waals surface area contributed by atoms with Gasteiger partial charge >= 0.3 is 5.97 Å². The average molecular weight is 198 g/mol. The second-order valence-electron chi connectivity index (χ2n) is 3.14. The van der Waals surface area contributed by atoms with E-state index in [1.165, 1.54) is 11.3 Å². The fourth-order valence-electron chi connectivity index (χ4n) is 1.68. The zero-order valence-electron chi connectivity index (χ0n) is 6.99. The molecule has 0 radical (unpaired) electrons. The maximum Gasteiger partial charge on any atom is 0.312 e. The van der Waals surface area contributed by atoms with Gasteiger partial charge in [0.2, 0.25) is 0 Å². The third-order valence-electron chi connectivity index (χ3n) is 2.27. The molecule has 0 amide bonds. The molecule has 0 saturated heterocycles. The third-order valence-corrected chi connectivity index (χ3v) is 3.23. The summed E-state index contributed by atoms with van der Waals surface area (Å²) in [7, 11) is 0. The van der Waals surface area contributed by atoms with Crippen LogP contribution < -0.4 is 5.73 Å². The fraction of sp³-hybridized carbons (Fsp3) is 0.500. The van der Waals surface area contributed by atoms with Crippen molar-refractivity contribution in [3.8, 4) is 0 Å². The molecule has 70 valence electrons. The van der Waals surface area contributed by atoms with E-state index in [-0.39, 0.29) is 0 Å². The van der Waals surface area contributed by atoms with Crippen LogP contribution in [-0.4, -0.2) is 16.1 Å². The highest BCUT2D eigenvalue weighted by Crippen LogP contribution is 2.35. The van der Waals surface area contributed by atoms with Gasteiger partial charge in [-0.05, 0) is 19.3 Å². The highest BCUT2D eigenvalue weighted by molar-refractivity contribution is 7.15. The van der Waals surface area contributed by atoms with Crippen LogP contribution in [0.3, 0.4) is 0 Å². The molecule has 0 bridgehead atoms. The number of aryl methyl sites for hydroxylation is 1. The smallest absolute Gasteiger partial charge is 0.312 e. The third kappa shape index (κ3) is 1.39. The lowest BCUT2D eigenvalue weighted by atomic mass is 9.91. The van der Waals surface area contributed by atoms with Crippen molar-refractivity contribution in [3.05, 3.63) is 10.6 Å². The molecule has 3 N–H and O–H groups in total. The zero-order chi connectivity index (χ0) is 9.42. The molecule has 1 atom stereocenters. The molecule has 13 heavy (non-hydrogen) atoms. The van der Waals surface area contributed by atoms with Crippen molar-refractivity contribution in [2.75, 3.05) is 5.73 Å². The van der Waals surface area contributed by atoms with E-state index in [0.29, 0.717) is 17.2 Å². The first kappa shape index (κ1) is 8.50. The zero-order valence-corrected chi connectivity index (χ0v) is 7.80. The maximum atomic E-state index is 10.9. The van der Waals surface area contributed by atoms with Crippen molar-refractivity contribution in [1.29, 1.82) is 0 Å². The predicted molar refractivity (Wildman–Crippen MR) is 49.8 cm³/mol. The number of carboxylic acids is 1. The molecular formula is C8H10N2O2S. The molecule has 0 aliphatic heterocycles. The van der Waals surface area contributed by atoms with Gasteiger partial charge in [-0.3, -0.25) is 4.79 Å². The van der Waals surface area contributed by atoms with Crippen molar-refractivity contribution >= 4 is 22.4 Å². The van der Waals surface area contributed by atoms with E-state index in [4.69, 9.17) is 10.8 Å². The van der Waals surface area contributed by atoms with Crippen molar-refractivity contribution < 1.29 is 9.90 Å². The van der Waals surface area contributed by atoms with Gasteiger partial charge in [-0.1, -0.05) is 0 Å². The number of nitrogen functional groups attached to an aromatic ring is 1. The van der Waals surface area contributed by atoms with Crippen LogP contribution in [-0.2, 0) is 11.2 Å². The number of anilines is 1. The number of carboxylic acid groups (broad SMARTS) is 1. The number of fused-ring (bicyclic) bond motifs is 1. The number of hydrogen-bond acceptors (Lipinski definition) is 4. The number of nitrogens with two attached hydrogens (primary N) is 1. The monoisotopic (exact) mass is 198 g/mol. The Bertz CT molecular complexity index is 348. The van der Waals surface area contributed by atoms with Crippen LogP contribution in [0.15, 0.2) is 0 Å². The summed E-state index contributed by atoms with van der Waals surface area (Å²) < 4.78 is 0. The number of hydrogen-bond donors (Lipinski definition) is 2. The van der Waals surface area contributed by atoms with E-state index in [0.717, 1.165) is 17.7 Å². The first-order valence-electron chi connectivity index (χ1n) is 4.16. The summed E-state index contributed by atoms with van der Waals surface area (Å²) in [5.74, 6) is -1.22. The standard InChI is InChI=1S/C8H10N2O2S/c9-8-10-6-4(7(11)12)2-1-3-5(6)13-8/h4H,1-3H2,(H2,9,10)(H,11,12)/t4-/m0/s1. The summed E-state index contributed by atoms with van der Waals surface area (Å²) in [5, 5.41) is 9.40. The van der Waals surface area contributed by atoms with Gasteiger partial charge in [-0.15, -0.1) is 11.3 Å². The summed E-state index contributed by atoms with van der Waals surface area (Å²) in [6.45, 7) is 0. The van der Waals surface area contributed by atoms with Crippen LogP contribution in [0.25, 0.3) is 0 Å². The van der Waals surface area contributed by atoms with Gasteiger partial charge in [0.25, 0.3) is 0 Å². The van der Waals surface area contributed by atoms with Gasteiger partial charge in [0.05, 0.1) is 5.69 Å². The summed E-state index contributed by atoms with van der Waals surface area (Å²) in [4.78, 5) is 16.0. The number of rotatable bonds is 1. The van der Waals surface area contributed by atoms with Gasteiger partial charge in [0, 0.05) is 4.88 Å². The van der Waals surface area contributed by atoms with E-state index in [2.05, 4.69) is 4.98 Å². The van der Waals surface area contributed by atoms with Crippen LogP contribution in [0.2, 0.25) is 0 Å². The predicted octanol–water partition coefficient (Wildman–Crippen LogP) is 1.23. The minimum Gasteiger partial charge on any atom is -0.481 e. The van der Waals surface area contributed by atoms with E-state index in [1.54, 1.807) is 0 Å². The molecule has 2 rings (SSSR count). The molecule has 0 unspecified atom stereocenters. The Hall–Kier alpha value is -1.10. The molecule has 0 saturated carbocycles. The second-order valence-corrected chi connectivity index (χ2v) is 4.26. The number of carbonyl (C=O) groups is 1. The Balaban J connectivity index is 2.41. The fourth-order valence-corrected chi connectivity index (χ4v) is 2.61. The van der Waals surface area contributed by atoms with Crippen molar-refractivity contribution in [2.45, 2.75) is 25.2 Å². The quantitative estimate of drug-likeness (QED) is 0.711. The Morgan fingerprint density at radius 1 is 1.69 bits per heavy atom. The molecule has 1 aromatic rings. The first-order valence-corrected chi connectivity index (χ1v) is 4.98. The number of nitrogens with zero attached hydrogens (tertiary/aromatic N) is 1. The Morgan fingerprint density at radius 3 is 3.15 bits per heavy atom. The molecule has 0 fully saturated rings. The molecule has 4 nitrogen and oxygen atoms in total. The molecule has 1 aliphatic rings. The summed E-state index contributed by atoms with van der Waals surface area (Å²) in [6, 6.07) is 0. The molecule has 0 spiro atoms. The minimum atomic E-state index is -0.786. The molecule has 5 heteroatoms. The highest BCUT2D eigenvalue weighted by atomic mass is 32.1. The summed E-state index contributed by atoms with van der Waals surface area (Å²) in [5.41, 5.74) is 6.23. The van der Waals surface area contributed by atoms with Crippen LogP contribution in [0, 0.1) is 0 Å². The minimum absolute atomic E-state index is 0.433. The molecule has 1 heterocycles. The van der Waals surface area contributed by atoms with Gasteiger partial charge in [-0.2, -0.15) is 0 Å². The topological polar surface area (TPSA) is 76.2 Å². The Kier molecular flexibility index (Phi) is 1.95. The normalized spacial score (nSPS) is 21.1. The number of aliphatic carboxylic acids is 1. The molecular weight excluding hydrogens is 188 g/mol. The van der Waals surface area contributed by atoms with Crippen molar-refractivity contribution in [2.24, 2.45) is 0 Å². The van der Waals surface area contributed by atoms with Crippen LogP contribution in [0.5, 0.6) is 0 Å². The Labute approximate surface area is 79.4 Å². The number of aromatic nitrogens is 1. The summed E-state index contributed by atoms with van der Waals surface area (Å²) >= 11 is 1.41. The van der Waals surface area contributed by atoms with E-state index >= 15 is 0 Å². The first-order chi connectivity index (χ1) is 6.18. The lowest BCUT2D eigenvalue weighted by Gasteiger charge is -2.16. The maximum absolute atomic E-state index is 10.9. The molecule has 0 aromatic carbocycles. The largest absolute Gasteiger partial charge is 0.481 e. The second kappa shape index (κ2) is 2.99. The van der Waals surface area contributed by atoms with Gasteiger partial charge in [0.15, 0.2) is 5.13 Å². The van der Waals surface area contributed by atoms with E-state index < -0.39 is 11.9 Å². The van der Waals surface area contributed by atoms with Gasteiger partial charge in [-0.25, -0.2) is 4.98 Å². The van der Waals surface area contributed by atoms with Gasteiger partial charge in [0.1, 0.15) is 5.92 Å². The van der Waals surface area contributed by atoms with Gasteiger partial charge < -0.3 is 10.8 Å². The average Bonchev–Trinajstić information content (AvgIpc) is 2.43.